The molecule has 6 nitrogen and oxygen atoms in total. The molecule has 1 heterocycles. The molecule has 1 aliphatic heterocycles. The highest BCUT2D eigenvalue weighted by molar-refractivity contribution is 5.53. The summed E-state index contributed by atoms with van der Waals surface area (Å²) in [5.74, 6) is 0.840. The van der Waals surface area contributed by atoms with Gasteiger partial charge in [-0.1, -0.05) is 0 Å². The van der Waals surface area contributed by atoms with Crippen molar-refractivity contribution in [3.05, 3.63) is 23.3 Å². The second-order valence-electron chi connectivity index (χ2n) is 4.79. The number of hydrogen-bond donors (Lipinski definition) is 1. The first-order valence-corrected chi connectivity index (χ1v) is 7.07. The minimum Gasteiger partial charge on any atom is -0.467 e. The van der Waals surface area contributed by atoms with Gasteiger partial charge in [0.1, 0.15) is 5.75 Å². The highest BCUT2D eigenvalue weighted by Gasteiger charge is 2.16. The SMILES string of the molecule is COCCOCCCOCc1cc(N)cc2c1OCOC2. The Hall–Kier alpha value is -1.34. The Morgan fingerprint density at radius 2 is 2.00 bits per heavy atom. The maximum atomic E-state index is 5.88. The Morgan fingerprint density at radius 3 is 2.86 bits per heavy atom. The monoisotopic (exact) mass is 297 g/mol. The highest BCUT2D eigenvalue weighted by atomic mass is 16.7. The van der Waals surface area contributed by atoms with Crippen LogP contribution in [0.5, 0.6) is 5.75 Å². The lowest BCUT2D eigenvalue weighted by Gasteiger charge is -2.21. The molecule has 0 saturated carbocycles. The molecule has 0 bridgehead atoms. The van der Waals surface area contributed by atoms with Gasteiger partial charge in [-0.2, -0.15) is 0 Å². The molecule has 2 rings (SSSR count). The Kier molecular flexibility index (Phi) is 6.75. The standard InChI is InChI=1S/C15H23NO5/c1-17-5-6-18-3-2-4-19-9-12-7-14(16)8-13-10-20-11-21-15(12)13/h7-8H,2-6,9-11,16H2,1H3. The highest BCUT2D eigenvalue weighted by Crippen LogP contribution is 2.31. The maximum absolute atomic E-state index is 5.88. The summed E-state index contributed by atoms with van der Waals surface area (Å²) in [7, 11) is 1.66. The Labute approximate surface area is 125 Å². The molecule has 0 aromatic heterocycles. The summed E-state index contributed by atoms with van der Waals surface area (Å²) in [6, 6.07) is 3.76. The molecule has 1 aliphatic rings. The molecule has 0 fully saturated rings. The van der Waals surface area contributed by atoms with Gasteiger partial charge in [-0.15, -0.1) is 0 Å². The number of benzene rings is 1. The molecule has 118 valence electrons. The van der Waals surface area contributed by atoms with E-state index in [9.17, 15) is 0 Å². The van der Waals surface area contributed by atoms with Gasteiger partial charge in [-0.25, -0.2) is 0 Å². The van der Waals surface area contributed by atoms with Gasteiger partial charge in [-0.05, 0) is 18.6 Å². The predicted molar refractivity (Wildman–Crippen MR) is 78.1 cm³/mol. The van der Waals surface area contributed by atoms with Crippen LogP contribution in [0.25, 0.3) is 0 Å². The lowest BCUT2D eigenvalue weighted by Crippen LogP contribution is -2.14. The maximum Gasteiger partial charge on any atom is 0.189 e. The van der Waals surface area contributed by atoms with E-state index in [1.54, 1.807) is 7.11 Å². The van der Waals surface area contributed by atoms with Gasteiger partial charge in [0.25, 0.3) is 0 Å². The van der Waals surface area contributed by atoms with Crippen LogP contribution in [0.1, 0.15) is 17.5 Å². The number of methoxy groups -OCH3 is 1. The van der Waals surface area contributed by atoms with Crippen LogP contribution >= 0.6 is 0 Å². The second kappa shape index (κ2) is 8.84. The zero-order valence-corrected chi connectivity index (χ0v) is 12.4. The van der Waals surface area contributed by atoms with Crippen molar-refractivity contribution in [1.29, 1.82) is 0 Å². The van der Waals surface area contributed by atoms with Crippen molar-refractivity contribution >= 4 is 5.69 Å². The fraction of sp³-hybridized carbons (Fsp3) is 0.600. The van der Waals surface area contributed by atoms with Gasteiger partial charge in [0.05, 0.1) is 26.4 Å². The zero-order valence-electron chi connectivity index (χ0n) is 12.4. The average Bonchev–Trinajstić information content (AvgIpc) is 2.49. The number of anilines is 1. The smallest absolute Gasteiger partial charge is 0.189 e. The fourth-order valence-electron chi connectivity index (χ4n) is 2.12. The minimum absolute atomic E-state index is 0.275. The lowest BCUT2D eigenvalue weighted by molar-refractivity contribution is -0.0185. The van der Waals surface area contributed by atoms with E-state index in [4.69, 9.17) is 29.4 Å². The number of rotatable bonds is 9. The van der Waals surface area contributed by atoms with Crippen molar-refractivity contribution in [2.45, 2.75) is 19.6 Å². The summed E-state index contributed by atoms with van der Waals surface area (Å²) in [6.45, 7) is 3.82. The third kappa shape index (κ3) is 5.17. The van der Waals surface area contributed by atoms with Gasteiger partial charge >= 0.3 is 0 Å². The summed E-state index contributed by atoms with van der Waals surface area (Å²) in [6.07, 6.45) is 0.845. The first-order valence-electron chi connectivity index (χ1n) is 7.07. The predicted octanol–water partition coefficient (Wildman–Crippen LogP) is 1.70. The average molecular weight is 297 g/mol. The number of ether oxygens (including phenoxy) is 5. The van der Waals surface area contributed by atoms with E-state index in [1.165, 1.54) is 0 Å². The molecule has 2 N–H and O–H groups in total. The third-order valence-electron chi connectivity index (χ3n) is 3.08. The molecule has 1 aromatic rings. The van der Waals surface area contributed by atoms with Crippen molar-refractivity contribution in [3.63, 3.8) is 0 Å². The number of nitrogens with two attached hydrogens (primary N) is 1. The van der Waals surface area contributed by atoms with Crippen LogP contribution in [-0.2, 0) is 32.2 Å². The molecule has 21 heavy (non-hydrogen) atoms. The van der Waals surface area contributed by atoms with E-state index in [1.807, 2.05) is 12.1 Å². The first-order chi connectivity index (χ1) is 10.3. The van der Waals surface area contributed by atoms with Crippen LogP contribution in [0.2, 0.25) is 0 Å². The minimum atomic E-state index is 0.275. The summed E-state index contributed by atoms with van der Waals surface area (Å²) in [5, 5.41) is 0. The Morgan fingerprint density at radius 1 is 1.14 bits per heavy atom. The molecule has 0 unspecified atom stereocenters. The molecule has 1 aromatic carbocycles. The third-order valence-corrected chi connectivity index (χ3v) is 3.08. The molecule has 0 spiro atoms. The van der Waals surface area contributed by atoms with E-state index in [2.05, 4.69) is 0 Å². The molecule has 0 radical (unpaired) electrons. The molecular weight excluding hydrogens is 274 g/mol. The summed E-state index contributed by atoms with van der Waals surface area (Å²) >= 11 is 0. The van der Waals surface area contributed by atoms with Crippen LogP contribution in [0.15, 0.2) is 12.1 Å². The van der Waals surface area contributed by atoms with Crippen LogP contribution in [-0.4, -0.2) is 40.3 Å². The van der Waals surface area contributed by atoms with Crippen molar-refractivity contribution < 1.29 is 23.7 Å². The molecular formula is C15H23NO5. The van der Waals surface area contributed by atoms with Crippen molar-refractivity contribution in [1.82, 2.24) is 0 Å². The first kappa shape index (κ1) is 16.0. The molecule has 6 heteroatoms. The van der Waals surface area contributed by atoms with Gasteiger partial charge in [-0.3, -0.25) is 0 Å². The van der Waals surface area contributed by atoms with Gasteiger partial charge in [0.2, 0.25) is 0 Å². The molecule has 0 amide bonds. The normalized spacial score (nSPS) is 13.8. The summed E-state index contributed by atoms with van der Waals surface area (Å²) < 4.78 is 26.7. The van der Waals surface area contributed by atoms with E-state index < -0.39 is 0 Å². The van der Waals surface area contributed by atoms with Crippen molar-refractivity contribution in [3.8, 4) is 5.75 Å². The summed E-state index contributed by atoms with van der Waals surface area (Å²) in [4.78, 5) is 0. The van der Waals surface area contributed by atoms with Crippen LogP contribution in [0.4, 0.5) is 5.69 Å². The lowest BCUT2D eigenvalue weighted by atomic mass is 10.1. The molecule has 0 aliphatic carbocycles. The van der Waals surface area contributed by atoms with Gasteiger partial charge < -0.3 is 29.4 Å². The van der Waals surface area contributed by atoms with Crippen LogP contribution in [0.3, 0.4) is 0 Å². The van der Waals surface area contributed by atoms with E-state index in [0.29, 0.717) is 45.3 Å². The topological polar surface area (TPSA) is 72.2 Å². The zero-order chi connectivity index (χ0) is 14.9. The van der Waals surface area contributed by atoms with Gasteiger partial charge in [0.15, 0.2) is 6.79 Å². The summed E-state index contributed by atoms with van der Waals surface area (Å²) in [5.41, 5.74) is 8.52. The second-order valence-corrected chi connectivity index (χ2v) is 4.79. The van der Waals surface area contributed by atoms with Crippen LogP contribution < -0.4 is 10.5 Å². The quantitative estimate of drug-likeness (QED) is 0.552. The van der Waals surface area contributed by atoms with E-state index in [-0.39, 0.29) is 6.79 Å². The Bertz CT molecular complexity index is 438. The van der Waals surface area contributed by atoms with Crippen molar-refractivity contribution in [2.75, 3.05) is 46.1 Å². The number of nitrogen functional groups attached to an aromatic ring is 1. The van der Waals surface area contributed by atoms with Crippen LogP contribution in [0, 0.1) is 0 Å². The van der Waals surface area contributed by atoms with Gasteiger partial charge in [0, 0.05) is 37.1 Å². The fourth-order valence-corrected chi connectivity index (χ4v) is 2.12. The van der Waals surface area contributed by atoms with E-state index in [0.717, 1.165) is 23.3 Å². The Balaban J connectivity index is 1.72. The number of fused-ring (bicyclic) bond motifs is 1. The largest absolute Gasteiger partial charge is 0.467 e. The molecule has 0 atom stereocenters. The van der Waals surface area contributed by atoms with E-state index >= 15 is 0 Å². The number of hydrogen-bond acceptors (Lipinski definition) is 6. The molecule has 0 saturated heterocycles. The van der Waals surface area contributed by atoms with Crippen molar-refractivity contribution in [2.24, 2.45) is 0 Å².